The van der Waals surface area contributed by atoms with Crippen LogP contribution in [0.3, 0.4) is 0 Å². The second kappa shape index (κ2) is 7.24. The van der Waals surface area contributed by atoms with Crippen LogP contribution < -0.4 is 10.5 Å². The second-order valence-electron chi connectivity index (χ2n) is 6.13. The highest BCUT2D eigenvalue weighted by Crippen LogP contribution is 2.21. The van der Waals surface area contributed by atoms with Crippen LogP contribution in [0.4, 0.5) is 5.82 Å². The maximum atomic E-state index is 12.2. The number of hydrogen-bond donors (Lipinski definition) is 1. The van der Waals surface area contributed by atoms with Crippen LogP contribution in [0.25, 0.3) is 21.6 Å². The van der Waals surface area contributed by atoms with Crippen LogP contribution in [0.2, 0.25) is 0 Å². The summed E-state index contributed by atoms with van der Waals surface area (Å²) in [7, 11) is 1.93. The molecule has 136 valence electrons. The number of nitrogens with zero attached hydrogens (tertiary/aromatic N) is 5. The topological polar surface area (TPSA) is 87.7 Å². The minimum atomic E-state index is -0.104. The van der Waals surface area contributed by atoms with E-state index in [1.54, 1.807) is 12.4 Å². The molecule has 0 aliphatic heterocycles. The van der Waals surface area contributed by atoms with Gasteiger partial charge in [0.25, 0.3) is 5.56 Å². The molecule has 4 aromatic rings. The first-order valence-corrected chi connectivity index (χ1v) is 9.48. The first kappa shape index (κ1) is 17.3. The summed E-state index contributed by atoms with van der Waals surface area (Å²) in [5.41, 5.74) is 2.49. The molecule has 4 aromatic heterocycles. The predicted octanol–water partition coefficient (Wildman–Crippen LogP) is 3.04. The van der Waals surface area contributed by atoms with Gasteiger partial charge in [0.1, 0.15) is 16.3 Å². The highest BCUT2D eigenvalue weighted by atomic mass is 32.1. The summed E-state index contributed by atoms with van der Waals surface area (Å²) >= 11 is 1.40. The fourth-order valence-corrected chi connectivity index (χ4v) is 3.52. The summed E-state index contributed by atoms with van der Waals surface area (Å²) in [6.45, 7) is 2.50. The van der Waals surface area contributed by atoms with Crippen molar-refractivity contribution in [3.05, 3.63) is 63.9 Å². The van der Waals surface area contributed by atoms with Gasteiger partial charge >= 0.3 is 0 Å². The molecule has 0 saturated heterocycles. The molecule has 0 saturated carbocycles. The van der Waals surface area contributed by atoms with Crippen LogP contribution in [0.1, 0.15) is 18.4 Å². The van der Waals surface area contributed by atoms with Gasteiger partial charge in [-0.05, 0) is 30.0 Å². The average Bonchev–Trinajstić information content (AvgIpc) is 3.17. The van der Waals surface area contributed by atoms with E-state index < -0.39 is 0 Å². The van der Waals surface area contributed by atoms with E-state index >= 15 is 0 Å². The zero-order valence-electron chi connectivity index (χ0n) is 15.0. The minimum Gasteiger partial charge on any atom is -0.352 e. The highest BCUT2D eigenvalue weighted by molar-refractivity contribution is 7.17. The predicted molar refractivity (Wildman–Crippen MR) is 107 cm³/mol. The summed E-state index contributed by atoms with van der Waals surface area (Å²) in [5.74, 6) is 2.05. The molecule has 0 atom stereocenters. The lowest BCUT2D eigenvalue weighted by molar-refractivity contribution is 0.821. The van der Waals surface area contributed by atoms with Crippen LogP contribution in [0.15, 0.2) is 46.8 Å². The molecule has 8 heteroatoms. The number of aromatic amines is 1. The van der Waals surface area contributed by atoms with Gasteiger partial charge in [0, 0.05) is 36.8 Å². The van der Waals surface area contributed by atoms with Crippen LogP contribution in [0, 0.1) is 0 Å². The van der Waals surface area contributed by atoms with Crippen molar-refractivity contribution in [1.82, 2.24) is 24.9 Å². The molecule has 4 heterocycles. The monoisotopic (exact) mass is 378 g/mol. The maximum absolute atomic E-state index is 12.2. The lowest BCUT2D eigenvalue weighted by atomic mass is 10.2. The Labute approximate surface area is 159 Å². The Kier molecular flexibility index (Phi) is 4.64. The Morgan fingerprint density at radius 1 is 1.15 bits per heavy atom. The van der Waals surface area contributed by atoms with Crippen molar-refractivity contribution in [3.8, 4) is 11.4 Å². The minimum absolute atomic E-state index is 0.104. The molecule has 0 bridgehead atoms. The molecular formula is C19H18N6OS. The molecule has 0 aliphatic carbocycles. The van der Waals surface area contributed by atoms with Gasteiger partial charge in [-0.1, -0.05) is 6.92 Å². The van der Waals surface area contributed by atoms with Crippen molar-refractivity contribution in [3.63, 3.8) is 0 Å². The molecule has 0 aromatic carbocycles. The second-order valence-corrected chi connectivity index (χ2v) is 7.05. The Hall–Kier alpha value is -3.13. The molecule has 7 nitrogen and oxygen atoms in total. The van der Waals surface area contributed by atoms with Crippen LogP contribution in [0.5, 0.6) is 0 Å². The molecule has 4 rings (SSSR count). The maximum Gasteiger partial charge on any atom is 0.268 e. The van der Waals surface area contributed by atoms with Crippen molar-refractivity contribution in [2.45, 2.75) is 19.9 Å². The zero-order valence-corrected chi connectivity index (χ0v) is 15.8. The number of nitrogens with one attached hydrogen (secondary N) is 1. The van der Waals surface area contributed by atoms with Crippen molar-refractivity contribution in [2.75, 3.05) is 11.9 Å². The summed E-state index contributed by atoms with van der Waals surface area (Å²) in [6, 6.07) is 7.61. The van der Waals surface area contributed by atoms with E-state index in [0.29, 0.717) is 22.9 Å². The first-order chi connectivity index (χ1) is 13.1. The number of rotatable bonds is 5. The van der Waals surface area contributed by atoms with Crippen molar-refractivity contribution < 1.29 is 0 Å². The van der Waals surface area contributed by atoms with E-state index in [0.717, 1.165) is 29.0 Å². The SMILES string of the molecule is CCc1cc(N(C)Cc2nc3ccsc3c(=O)[nH]2)nc(-c2ccncc2)n1. The number of fused-ring (bicyclic) bond motifs is 1. The molecule has 27 heavy (non-hydrogen) atoms. The van der Waals surface area contributed by atoms with Crippen LogP contribution in [-0.2, 0) is 13.0 Å². The van der Waals surface area contributed by atoms with Gasteiger partial charge in [0.2, 0.25) is 0 Å². The third kappa shape index (κ3) is 3.56. The Bertz CT molecular complexity index is 1140. The smallest absolute Gasteiger partial charge is 0.268 e. The first-order valence-electron chi connectivity index (χ1n) is 8.60. The van der Waals surface area contributed by atoms with Gasteiger partial charge in [-0.15, -0.1) is 11.3 Å². The Morgan fingerprint density at radius 3 is 2.74 bits per heavy atom. The number of aromatic nitrogens is 5. The molecule has 0 amide bonds. The number of anilines is 1. The highest BCUT2D eigenvalue weighted by Gasteiger charge is 2.12. The Balaban J connectivity index is 1.68. The largest absolute Gasteiger partial charge is 0.352 e. The molecule has 0 spiro atoms. The zero-order chi connectivity index (χ0) is 18.8. The molecule has 0 fully saturated rings. The normalized spacial score (nSPS) is 11.0. The Morgan fingerprint density at radius 2 is 1.96 bits per heavy atom. The molecule has 0 aliphatic rings. The number of H-pyrrole nitrogens is 1. The molecule has 1 N–H and O–H groups in total. The number of pyridine rings is 1. The third-order valence-electron chi connectivity index (χ3n) is 4.21. The van der Waals surface area contributed by atoms with Crippen molar-refractivity contribution >= 4 is 27.4 Å². The van der Waals surface area contributed by atoms with E-state index in [2.05, 4.69) is 26.9 Å². The fourth-order valence-electron chi connectivity index (χ4n) is 2.79. The summed E-state index contributed by atoms with van der Waals surface area (Å²) < 4.78 is 0.650. The lowest BCUT2D eigenvalue weighted by Gasteiger charge is -2.19. The fraction of sp³-hybridized carbons (Fsp3) is 0.211. The summed E-state index contributed by atoms with van der Waals surface area (Å²) in [5, 5.41) is 1.87. The quantitative estimate of drug-likeness (QED) is 0.574. The van der Waals surface area contributed by atoms with Crippen LogP contribution >= 0.6 is 11.3 Å². The van der Waals surface area contributed by atoms with Gasteiger partial charge in [-0.3, -0.25) is 9.78 Å². The molecule has 0 radical (unpaired) electrons. The molecule has 0 unspecified atom stereocenters. The number of hydrogen-bond acceptors (Lipinski definition) is 7. The summed E-state index contributed by atoms with van der Waals surface area (Å²) in [4.78, 5) is 34.9. The number of aryl methyl sites for hydroxylation is 1. The lowest BCUT2D eigenvalue weighted by Crippen LogP contribution is -2.22. The van der Waals surface area contributed by atoms with E-state index in [-0.39, 0.29) is 5.56 Å². The van der Waals surface area contributed by atoms with Gasteiger partial charge in [0.05, 0.1) is 12.1 Å². The van der Waals surface area contributed by atoms with E-state index in [1.807, 2.05) is 41.6 Å². The van der Waals surface area contributed by atoms with Crippen molar-refractivity contribution in [1.29, 1.82) is 0 Å². The van der Waals surface area contributed by atoms with E-state index in [1.165, 1.54) is 11.3 Å². The standard InChI is InChI=1S/C19H18N6OS/c1-3-13-10-16(24-18(21-13)12-4-7-20-8-5-12)25(2)11-15-22-14-6-9-27-17(14)19(26)23-15/h4-10H,3,11H2,1-2H3,(H,22,23,26). The third-order valence-corrected chi connectivity index (χ3v) is 5.11. The van der Waals surface area contributed by atoms with Gasteiger partial charge < -0.3 is 9.88 Å². The van der Waals surface area contributed by atoms with E-state index in [9.17, 15) is 4.79 Å². The van der Waals surface area contributed by atoms with Crippen LogP contribution in [-0.4, -0.2) is 32.0 Å². The molecular weight excluding hydrogens is 360 g/mol. The van der Waals surface area contributed by atoms with Crippen molar-refractivity contribution in [2.24, 2.45) is 0 Å². The van der Waals surface area contributed by atoms with Gasteiger partial charge in [-0.2, -0.15) is 0 Å². The van der Waals surface area contributed by atoms with Gasteiger partial charge in [0.15, 0.2) is 5.82 Å². The number of thiophene rings is 1. The summed E-state index contributed by atoms with van der Waals surface area (Å²) in [6.07, 6.45) is 4.26. The average molecular weight is 378 g/mol. The van der Waals surface area contributed by atoms with Gasteiger partial charge in [-0.25, -0.2) is 15.0 Å². The van der Waals surface area contributed by atoms with E-state index in [4.69, 9.17) is 4.98 Å².